The summed E-state index contributed by atoms with van der Waals surface area (Å²) >= 11 is 11.4. The molecule has 2 N–H and O–H groups in total. The summed E-state index contributed by atoms with van der Waals surface area (Å²) in [4.78, 5) is 15.4. The van der Waals surface area contributed by atoms with Gasteiger partial charge in [0.15, 0.2) is 5.82 Å². The maximum atomic E-state index is 11.7. The highest BCUT2D eigenvalue weighted by molar-refractivity contribution is 6.33. The Morgan fingerprint density at radius 1 is 1.35 bits per heavy atom. The van der Waals surface area contributed by atoms with E-state index in [0.717, 1.165) is 0 Å². The summed E-state index contributed by atoms with van der Waals surface area (Å²) in [7, 11) is 0. The number of rotatable bonds is 3. The Bertz CT molecular complexity index is 509. The van der Waals surface area contributed by atoms with Gasteiger partial charge in [-0.3, -0.25) is 4.79 Å². The van der Waals surface area contributed by atoms with Crippen molar-refractivity contribution in [3.63, 3.8) is 0 Å². The predicted octanol–water partition coefficient (Wildman–Crippen LogP) is 0.831. The second-order valence-electron chi connectivity index (χ2n) is 3.01. The van der Waals surface area contributed by atoms with E-state index in [2.05, 4.69) is 30.9 Å². The van der Waals surface area contributed by atoms with Gasteiger partial charge in [0.05, 0.1) is 6.54 Å². The molecule has 88 valence electrons. The molecule has 0 saturated carbocycles. The Hall–Kier alpha value is -1.73. The van der Waals surface area contributed by atoms with Crippen molar-refractivity contribution in [1.29, 1.82) is 0 Å². The number of carbonyl (C=O) groups excluding carboxylic acids is 1. The van der Waals surface area contributed by atoms with Crippen molar-refractivity contribution < 1.29 is 4.79 Å². The molecule has 0 radical (unpaired) electrons. The number of pyridine rings is 1. The second kappa shape index (κ2) is 5.07. The molecule has 1 amide bonds. The van der Waals surface area contributed by atoms with Crippen molar-refractivity contribution in [3.05, 3.63) is 33.8 Å². The molecule has 0 unspecified atom stereocenters. The molecule has 2 rings (SSSR count). The highest BCUT2D eigenvalue weighted by atomic mass is 35.5. The van der Waals surface area contributed by atoms with Gasteiger partial charge >= 0.3 is 0 Å². The molecular weight excluding hydrogens is 267 g/mol. The lowest BCUT2D eigenvalue weighted by Gasteiger charge is -2.03. The summed E-state index contributed by atoms with van der Waals surface area (Å²) < 4.78 is 0. The number of amides is 1. The summed E-state index contributed by atoms with van der Waals surface area (Å²) in [6.45, 7) is 0.160. The molecule has 0 aliphatic carbocycles. The van der Waals surface area contributed by atoms with Crippen LogP contribution in [0.4, 0.5) is 0 Å². The Morgan fingerprint density at radius 2 is 2.06 bits per heavy atom. The number of halogens is 2. The number of tetrazole rings is 1. The molecule has 0 spiro atoms. The van der Waals surface area contributed by atoms with Crippen LogP contribution in [0.25, 0.3) is 0 Å². The fourth-order valence-electron chi connectivity index (χ4n) is 1.11. The minimum absolute atomic E-state index is 0.155. The van der Waals surface area contributed by atoms with Gasteiger partial charge in [0.25, 0.3) is 5.91 Å². The van der Waals surface area contributed by atoms with Crippen LogP contribution in [-0.2, 0) is 6.54 Å². The molecule has 0 fully saturated rings. The second-order valence-corrected chi connectivity index (χ2v) is 3.79. The van der Waals surface area contributed by atoms with E-state index in [-0.39, 0.29) is 22.8 Å². The molecule has 7 nitrogen and oxygen atoms in total. The molecular formula is C8H6Cl2N6O. The quantitative estimate of drug-likeness (QED) is 0.807. The van der Waals surface area contributed by atoms with E-state index in [4.69, 9.17) is 23.2 Å². The maximum Gasteiger partial charge on any atom is 0.251 e. The normalized spacial score (nSPS) is 10.2. The standard InChI is InChI=1S/C8H6Cl2N6O/c9-5-1-4(2-6(10)12-5)8(17)11-3-7-13-15-16-14-7/h1-2H,3H2,(H,11,17)(H,13,14,15,16). The van der Waals surface area contributed by atoms with Gasteiger partial charge in [-0.2, -0.15) is 5.21 Å². The van der Waals surface area contributed by atoms with Crippen LogP contribution >= 0.6 is 23.2 Å². The number of H-pyrrole nitrogens is 1. The average Bonchev–Trinajstić information content (AvgIpc) is 2.77. The number of nitrogens with zero attached hydrogens (tertiary/aromatic N) is 4. The Kier molecular flexibility index (Phi) is 3.50. The van der Waals surface area contributed by atoms with Crippen LogP contribution in [-0.4, -0.2) is 31.5 Å². The van der Waals surface area contributed by atoms with E-state index in [0.29, 0.717) is 11.4 Å². The van der Waals surface area contributed by atoms with Gasteiger partial charge in [-0.25, -0.2) is 4.98 Å². The lowest BCUT2D eigenvalue weighted by atomic mass is 10.2. The first kappa shape index (κ1) is 11.7. The minimum atomic E-state index is -0.346. The van der Waals surface area contributed by atoms with E-state index < -0.39 is 0 Å². The van der Waals surface area contributed by atoms with Crippen LogP contribution in [0, 0.1) is 0 Å². The van der Waals surface area contributed by atoms with Crippen molar-refractivity contribution in [2.75, 3.05) is 0 Å². The highest BCUT2D eigenvalue weighted by Gasteiger charge is 2.09. The molecule has 2 heterocycles. The average molecular weight is 273 g/mol. The maximum absolute atomic E-state index is 11.7. The topological polar surface area (TPSA) is 96.5 Å². The largest absolute Gasteiger partial charge is 0.345 e. The first-order chi connectivity index (χ1) is 8.15. The van der Waals surface area contributed by atoms with E-state index >= 15 is 0 Å². The number of carbonyl (C=O) groups is 1. The molecule has 0 aliphatic heterocycles. The Morgan fingerprint density at radius 3 is 2.65 bits per heavy atom. The fourth-order valence-corrected chi connectivity index (χ4v) is 1.58. The zero-order valence-electron chi connectivity index (χ0n) is 8.31. The van der Waals surface area contributed by atoms with E-state index in [9.17, 15) is 4.79 Å². The Balaban J connectivity index is 2.04. The number of aromatic amines is 1. The van der Waals surface area contributed by atoms with Crippen LogP contribution in [0.5, 0.6) is 0 Å². The molecule has 0 aromatic carbocycles. The molecule has 9 heteroatoms. The summed E-state index contributed by atoms with van der Waals surface area (Å²) in [6.07, 6.45) is 0. The SMILES string of the molecule is O=C(NCc1nn[nH]n1)c1cc(Cl)nc(Cl)c1. The summed E-state index contributed by atoms with van der Waals surface area (Å²) in [6, 6.07) is 2.83. The summed E-state index contributed by atoms with van der Waals surface area (Å²) in [5.41, 5.74) is 0.318. The fraction of sp³-hybridized carbons (Fsp3) is 0.125. The van der Waals surface area contributed by atoms with Crippen LogP contribution in [0.15, 0.2) is 12.1 Å². The van der Waals surface area contributed by atoms with Gasteiger partial charge in [0, 0.05) is 5.56 Å². The molecule has 0 saturated heterocycles. The van der Waals surface area contributed by atoms with Gasteiger partial charge in [-0.1, -0.05) is 28.4 Å². The number of nitrogens with one attached hydrogen (secondary N) is 2. The van der Waals surface area contributed by atoms with E-state index in [1.807, 2.05) is 0 Å². The van der Waals surface area contributed by atoms with Crippen molar-refractivity contribution in [3.8, 4) is 0 Å². The zero-order chi connectivity index (χ0) is 12.3. The van der Waals surface area contributed by atoms with Crippen LogP contribution in [0.1, 0.15) is 16.2 Å². The number of hydrogen-bond donors (Lipinski definition) is 2. The highest BCUT2D eigenvalue weighted by Crippen LogP contribution is 2.14. The van der Waals surface area contributed by atoms with E-state index in [1.165, 1.54) is 12.1 Å². The third-order valence-corrected chi connectivity index (χ3v) is 2.21. The van der Waals surface area contributed by atoms with Crippen molar-refractivity contribution >= 4 is 29.1 Å². The van der Waals surface area contributed by atoms with Crippen molar-refractivity contribution in [1.82, 2.24) is 30.9 Å². The lowest BCUT2D eigenvalue weighted by Crippen LogP contribution is -2.23. The first-order valence-corrected chi connectivity index (χ1v) is 5.24. The lowest BCUT2D eigenvalue weighted by molar-refractivity contribution is 0.0950. The van der Waals surface area contributed by atoms with Gasteiger partial charge in [-0.05, 0) is 12.1 Å². The van der Waals surface area contributed by atoms with Crippen molar-refractivity contribution in [2.45, 2.75) is 6.54 Å². The van der Waals surface area contributed by atoms with Crippen LogP contribution in [0.2, 0.25) is 10.3 Å². The predicted molar refractivity (Wildman–Crippen MR) is 59.6 cm³/mol. The monoisotopic (exact) mass is 272 g/mol. The molecule has 0 bridgehead atoms. The number of aromatic nitrogens is 5. The minimum Gasteiger partial charge on any atom is -0.345 e. The van der Waals surface area contributed by atoms with Gasteiger partial charge in [-0.15, -0.1) is 10.2 Å². The number of hydrogen-bond acceptors (Lipinski definition) is 5. The van der Waals surface area contributed by atoms with Gasteiger partial charge in [0.1, 0.15) is 10.3 Å². The first-order valence-electron chi connectivity index (χ1n) is 4.49. The molecule has 2 aromatic rings. The summed E-state index contributed by atoms with van der Waals surface area (Å²) in [5, 5.41) is 15.9. The summed E-state index contributed by atoms with van der Waals surface area (Å²) in [5.74, 6) is 0.0330. The third-order valence-electron chi connectivity index (χ3n) is 1.82. The van der Waals surface area contributed by atoms with E-state index in [1.54, 1.807) is 0 Å². The molecule has 0 atom stereocenters. The van der Waals surface area contributed by atoms with Crippen molar-refractivity contribution in [2.24, 2.45) is 0 Å². The molecule has 0 aliphatic rings. The van der Waals surface area contributed by atoms with Crippen LogP contribution < -0.4 is 5.32 Å². The van der Waals surface area contributed by atoms with Crippen LogP contribution in [0.3, 0.4) is 0 Å². The third kappa shape index (κ3) is 3.11. The zero-order valence-corrected chi connectivity index (χ0v) is 9.83. The Labute approximate surface area is 106 Å². The molecule has 17 heavy (non-hydrogen) atoms. The smallest absolute Gasteiger partial charge is 0.251 e. The van der Waals surface area contributed by atoms with Gasteiger partial charge in [0.2, 0.25) is 0 Å². The molecule has 2 aromatic heterocycles. The van der Waals surface area contributed by atoms with Gasteiger partial charge < -0.3 is 5.32 Å².